The molecule has 9 nitrogen and oxygen atoms in total. The van der Waals surface area contributed by atoms with Crippen molar-refractivity contribution in [3.8, 4) is 10.8 Å². The zero-order chi connectivity index (χ0) is 17.1. The molecule has 0 radical (unpaired) electrons. The molecule has 0 spiro atoms. The lowest BCUT2D eigenvalue weighted by Gasteiger charge is -2.34. The lowest BCUT2D eigenvalue weighted by molar-refractivity contribution is -0.133. The Kier molecular flexibility index (Phi) is 4.53. The average Bonchev–Trinajstić information content (AvgIpc) is 3.38. The summed E-state index contributed by atoms with van der Waals surface area (Å²) in [6.45, 7) is 3.79. The van der Waals surface area contributed by atoms with E-state index in [0.29, 0.717) is 31.3 Å². The molecule has 0 N–H and O–H groups in total. The van der Waals surface area contributed by atoms with Gasteiger partial charge in [-0.1, -0.05) is 16.4 Å². The molecule has 4 rings (SSSR count). The largest absolute Gasteiger partial charge is 0.339 e. The molecule has 25 heavy (non-hydrogen) atoms. The fourth-order valence-corrected chi connectivity index (χ4v) is 3.37. The zero-order valence-electron chi connectivity index (χ0n) is 13.5. The highest BCUT2D eigenvalue weighted by molar-refractivity contribution is 7.13. The van der Waals surface area contributed by atoms with Crippen molar-refractivity contribution < 1.29 is 9.32 Å². The molecule has 1 saturated heterocycles. The molecule has 4 heterocycles. The molecular weight excluding hydrogens is 342 g/mol. The summed E-state index contributed by atoms with van der Waals surface area (Å²) in [5.41, 5.74) is 0. The number of rotatable bonds is 5. The number of amides is 1. The van der Waals surface area contributed by atoms with Crippen molar-refractivity contribution in [2.24, 2.45) is 0 Å². The van der Waals surface area contributed by atoms with Crippen LogP contribution in [0.3, 0.4) is 0 Å². The summed E-state index contributed by atoms with van der Waals surface area (Å²) in [5.74, 6) is 1.29. The number of nitrogens with zero attached hydrogens (tertiary/aromatic N) is 7. The highest BCUT2D eigenvalue weighted by Gasteiger charge is 2.22. The number of thiophene rings is 1. The SMILES string of the molecule is O=C(Cn1ccnn1)N1CCN(Cc2noc(-c3cccs3)n2)CC1. The van der Waals surface area contributed by atoms with Gasteiger partial charge in [0, 0.05) is 32.4 Å². The maximum atomic E-state index is 12.2. The Morgan fingerprint density at radius 3 is 2.88 bits per heavy atom. The van der Waals surface area contributed by atoms with Gasteiger partial charge in [-0.3, -0.25) is 9.69 Å². The van der Waals surface area contributed by atoms with Gasteiger partial charge in [0.15, 0.2) is 5.82 Å². The van der Waals surface area contributed by atoms with E-state index in [-0.39, 0.29) is 12.5 Å². The predicted octanol–water partition coefficient (Wildman–Crippen LogP) is 0.734. The fourth-order valence-electron chi connectivity index (χ4n) is 2.73. The fraction of sp³-hybridized carbons (Fsp3) is 0.400. The van der Waals surface area contributed by atoms with Crippen LogP contribution in [0, 0.1) is 0 Å². The summed E-state index contributed by atoms with van der Waals surface area (Å²) in [5, 5.41) is 13.6. The Balaban J connectivity index is 1.28. The summed E-state index contributed by atoms with van der Waals surface area (Å²) in [6, 6.07) is 3.92. The van der Waals surface area contributed by atoms with Gasteiger partial charge in [0.1, 0.15) is 6.54 Å². The second kappa shape index (κ2) is 7.11. The molecule has 1 fully saturated rings. The Hall–Kier alpha value is -2.59. The summed E-state index contributed by atoms with van der Waals surface area (Å²) in [6.07, 6.45) is 3.26. The normalized spacial score (nSPS) is 15.6. The van der Waals surface area contributed by atoms with Gasteiger partial charge in [0.05, 0.1) is 17.6 Å². The van der Waals surface area contributed by atoms with Crippen LogP contribution in [0.15, 0.2) is 34.4 Å². The number of hydrogen-bond donors (Lipinski definition) is 0. The smallest absolute Gasteiger partial charge is 0.268 e. The molecule has 1 aliphatic rings. The Labute approximate surface area is 147 Å². The quantitative estimate of drug-likeness (QED) is 0.663. The van der Waals surface area contributed by atoms with Gasteiger partial charge in [0.2, 0.25) is 5.91 Å². The van der Waals surface area contributed by atoms with Gasteiger partial charge in [-0.05, 0) is 11.4 Å². The van der Waals surface area contributed by atoms with Crippen LogP contribution in [0.25, 0.3) is 10.8 Å². The van der Waals surface area contributed by atoms with Gasteiger partial charge in [-0.2, -0.15) is 4.98 Å². The van der Waals surface area contributed by atoms with Gasteiger partial charge >= 0.3 is 0 Å². The second-order valence-corrected chi connectivity index (χ2v) is 6.70. The number of aromatic nitrogens is 5. The van der Waals surface area contributed by atoms with E-state index in [0.717, 1.165) is 18.0 Å². The lowest BCUT2D eigenvalue weighted by Crippen LogP contribution is -2.49. The molecule has 0 aliphatic carbocycles. The minimum atomic E-state index is 0.0599. The van der Waals surface area contributed by atoms with Crippen molar-refractivity contribution in [1.29, 1.82) is 0 Å². The van der Waals surface area contributed by atoms with Crippen LogP contribution in [0.4, 0.5) is 0 Å². The summed E-state index contributed by atoms with van der Waals surface area (Å²) in [7, 11) is 0. The first kappa shape index (κ1) is 15.9. The van der Waals surface area contributed by atoms with Crippen LogP contribution in [-0.4, -0.2) is 67.0 Å². The van der Waals surface area contributed by atoms with Crippen molar-refractivity contribution in [1.82, 2.24) is 34.9 Å². The van der Waals surface area contributed by atoms with E-state index in [1.54, 1.807) is 28.4 Å². The minimum Gasteiger partial charge on any atom is -0.339 e. The van der Waals surface area contributed by atoms with Crippen LogP contribution in [0.1, 0.15) is 5.82 Å². The molecule has 3 aromatic heterocycles. The third kappa shape index (κ3) is 3.74. The van der Waals surface area contributed by atoms with E-state index in [4.69, 9.17) is 4.52 Å². The van der Waals surface area contributed by atoms with Crippen molar-refractivity contribution in [2.45, 2.75) is 13.1 Å². The maximum Gasteiger partial charge on any atom is 0.268 e. The molecule has 130 valence electrons. The third-order valence-electron chi connectivity index (χ3n) is 4.06. The van der Waals surface area contributed by atoms with E-state index in [1.165, 1.54) is 0 Å². The van der Waals surface area contributed by atoms with E-state index in [9.17, 15) is 4.79 Å². The molecule has 10 heteroatoms. The van der Waals surface area contributed by atoms with E-state index in [1.807, 2.05) is 22.4 Å². The van der Waals surface area contributed by atoms with Gasteiger partial charge in [0.25, 0.3) is 5.89 Å². The van der Waals surface area contributed by atoms with Crippen LogP contribution in [0.5, 0.6) is 0 Å². The molecule has 0 saturated carbocycles. The molecule has 3 aromatic rings. The molecule has 0 unspecified atom stereocenters. The molecule has 1 aliphatic heterocycles. The summed E-state index contributed by atoms with van der Waals surface area (Å²) >= 11 is 1.57. The van der Waals surface area contributed by atoms with Crippen LogP contribution < -0.4 is 0 Å². The van der Waals surface area contributed by atoms with E-state index < -0.39 is 0 Å². The number of hydrogen-bond acceptors (Lipinski definition) is 8. The number of piperazine rings is 1. The van der Waals surface area contributed by atoms with Crippen LogP contribution >= 0.6 is 11.3 Å². The maximum absolute atomic E-state index is 12.2. The Morgan fingerprint density at radius 2 is 2.16 bits per heavy atom. The highest BCUT2D eigenvalue weighted by Crippen LogP contribution is 2.22. The number of carbonyl (C=O) groups excluding carboxylic acids is 1. The van der Waals surface area contributed by atoms with E-state index in [2.05, 4.69) is 25.4 Å². The first-order valence-corrected chi connectivity index (χ1v) is 8.86. The van der Waals surface area contributed by atoms with E-state index >= 15 is 0 Å². The van der Waals surface area contributed by atoms with Crippen molar-refractivity contribution in [3.05, 3.63) is 35.7 Å². The molecule has 0 aromatic carbocycles. The van der Waals surface area contributed by atoms with Gasteiger partial charge in [-0.15, -0.1) is 16.4 Å². The van der Waals surface area contributed by atoms with Crippen molar-refractivity contribution in [3.63, 3.8) is 0 Å². The predicted molar refractivity (Wildman–Crippen MR) is 89.5 cm³/mol. The van der Waals surface area contributed by atoms with Crippen molar-refractivity contribution >= 4 is 17.2 Å². The Morgan fingerprint density at radius 1 is 1.28 bits per heavy atom. The molecule has 0 bridgehead atoms. The van der Waals surface area contributed by atoms with Gasteiger partial charge < -0.3 is 9.42 Å². The number of carbonyl (C=O) groups is 1. The monoisotopic (exact) mass is 359 g/mol. The van der Waals surface area contributed by atoms with Crippen LogP contribution in [0.2, 0.25) is 0 Å². The van der Waals surface area contributed by atoms with Gasteiger partial charge in [-0.25, -0.2) is 4.68 Å². The first-order valence-electron chi connectivity index (χ1n) is 7.98. The summed E-state index contributed by atoms with van der Waals surface area (Å²) < 4.78 is 6.85. The molecular formula is C15H17N7O2S. The lowest BCUT2D eigenvalue weighted by atomic mass is 10.3. The third-order valence-corrected chi connectivity index (χ3v) is 4.92. The minimum absolute atomic E-state index is 0.0599. The molecule has 1 amide bonds. The average molecular weight is 359 g/mol. The standard InChI is InChI=1S/C15H17N7O2S/c23-14(11-22-4-3-16-19-22)21-7-5-20(6-8-21)10-13-17-15(24-18-13)12-2-1-9-25-12/h1-4,9H,5-8,10-11H2. The van der Waals surface area contributed by atoms with Crippen LogP contribution in [-0.2, 0) is 17.9 Å². The molecule has 0 atom stereocenters. The first-order chi connectivity index (χ1) is 12.3. The zero-order valence-corrected chi connectivity index (χ0v) is 14.3. The van der Waals surface area contributed by atoms with Crippen molar-refractivity contribution in [2.75, 3.05) is 26.2 Å². The summed E-state index contributed by atoms with van der Waals surface area (Å²) in [4.78, 5) is 21.7. The topological polar surface area (TPSA) is 93.2 Å². The highest BCUT2D eigenvalue weighted by atomic mass is 32.1. The second-order valence-electron chi connectivity index (χ2n) is 5.75. The Bertz CT molecular complexity index is 807.